The first-order valence-electron chi connectivity index (χ1n) is 22.8. The largest absolute Gasteiger partial charge is 0.310 e. The molecule has 1 nitrogen and oxygen atoms in total. The lowest BCUT2D eigenvalue weighted by molar-refractivity contribution is 0.660. The molecule has 12 rings (SSSR count). The molecule has 0 radical (unpaired) electrons. The molecule has 0 aliphatic heterocycles. The van der Waals surface area contributed by atoms with Crippen molar-refractivity contribution in [1.82, 2.24) is 0 Å². The lowest BCUT2D eigenvalue weighted by Gasteiger charge is -2.35. The standard InChI is InChI=1S/C64H47N/c1-63(2)57-34-17-15-31-53(57)55-39-37-50(42-59(55)63)65(61-36-20-33-52(45-23-9-4-10-24-45)62(61)47-26-19-25-46(41-47)44-21-7-3-8-22-44)51-38-40-56-54-32-16-18-35-58(54)64(60(56)43-51,48-27-11-5-12-28-48)49-29-13-6-14-30-49/h3-43H,1-2H3. The van der Waals surface area contributed by atoms with Crippen LogP contribution in [0.4, 0.5) is 17.1 Å². The molecule has 0 aromatic heterocycles. The number of hydrogen-bond acceptors (Lipinski definition) is 1. The van der Waals surface area contributed by atoms with E-state index >= 15 is 0 Å². The van der Waals surface area contributed by atoms with E-state index in [9.17, 15) is 0 Å². The minimum absolute atomic E-state index is 0.179. The van der Waals surface area contributed by atoms with E-state index in [1.54, 1.807) is 0 Å². The highest BCUT2D eigenvalue weighted by molar-refractivity contribution is 5.99. The van der Waals surface area contributed by atoms with Crippen LogP contribution in [0.5, 0.6) is 0 Å². The van der Waals surface area contributed by atoms with Crippen molar-refractivity contribution < 1.29 is 0 Å². The summed E-state index contributed by atoms with van der Waals surface area (Å²) in [5, 5.41) is 0. The molecule has 0 spiro atoms. The second-order valence-electron chi connectivity index (χ2n) is 18.0. The van der Waals surface area contributed by atoms with Crippen molar-refractivity contribution in [3.8, 4) is 55.6 Å². The van der Waals surface area contributed by atoms with Gasteiger partial charge in [-0.3, -0.25) is 0 Å². The highest BCUT2D eigenvalue weighted by atomic mass is 15.1. The van der Waals surface area contributed by atoms with Crippen LogP contribution in [-0.2, 0) is 10.8 Å². The van der Waals surface area contributed by atoms with E-state index in [2.05, 4.69) is 267 Å². The van der Waals surface area contributed by atoms with Crippen LogP contribution in [0.3, 0.4) is 0 Å². The number of rotatable bonds is 8. The molecule has 0 bridgehead atoms. The molecule has 65 heavy (non-hydrogen) atoms. The molecule has 0 atom stereocenters. The second-order valence-corrected chi connectivity index (χ2v) is 18.0. The maximum absolute atomic E-state index is 2.54. The lowest BCUT2D eigenvalue weighted by atomic mass is 9.67. The first-order chi connectivity index (χ1) is 32.0. The summed E-state index contributed by atoms with van der Waals surface area (Å²) in [5.41, 5.74) is 22.7. The van der Waals surface area contributed by atoms with E-state index < -0.39 is 5.41 Å². The fraction of sp³-hybridized carbons (Fsp3) is 0.0625. The number of benzene rings is 10. The van der Waals surface area contributed by atoms with Gasteiger partial charge in [0.2, 0.25) is 0 Å². The molecule has 10 aromatic rings. The lowest BCUT2D eigenvalue weighted by Crippen LogP contribution is -2.28. The van der Waals surface area contributed by atoms with Gasteiger partial charge in [0.1, 0.15) is 0 Å². The van der Waals surface area contributed by atoms with Crippen LogP contribution in [-0.4, -0.2) is 0 Å². The topological polar surface area (TPSA) is 3.24 Å². The molecule has 0 fully saturated rings. The number of hydrogen-bond donors (Lipinski definition) is 0. The van der Waals surface area contributed by atoms with Gasteiger partial charge in [0, 0.05) is 22.4 Å². The minimum Gasteiger partial charge on any atom is -0.310 e. The molecular weight excluding hydrogens is 783 g/mol. The summed E-state index contributed by atoms with van der Waals surface area (Å²) >= 11 is 0. The summed E-state index contributed by atoms with van der Waals surface area (Å²) in [5.74, 6) is 0. The summed E-state index contributed by atoms with van der Waals surface area (Å²) in [4.78, 5) is 2.54. The Morgan fingerprint density at radius 3 is 1.38 bits per heavy atom. The highest BCUT2D eigenvalue weighted by Gasteiger charge is 2.46. The molecule has 0 saturated carbocycles. The van der Waals surface area contributed by atoms with Gasteiger partial charge in [-0.05, 0) is 120 Å². The highest BCUT2D eigenvalue weighted by Crippen LogP contribution is 2.58. The van der Waals surface area contributed by atoms with E-state index in [1.807, 2.05) is 0 Å². The third-order valence-electron chi connectivity index (χ3n) is 14.2. The molecule has 0 amide bonds. The second kappa shape index (κ2) is 15.4. The fourth-order valence-corrected chi connectivity index (χ4v) is 11.2. The van der Waals surface area contributed by atoms with Crippen molar-refractivity contribution >= 4 is 17.1 Å². The molecule has 2 aliphatic rings. The molecule has 308 valence electrons. The van der Waals surface area contributed by atoms with Crippen molar-refractivity contribution in [2.75, 3.05) is 4.90 Å². The van der Waals surface area contributed by atoms with Crippen LogP contribution in [0.1, 0.15) is 47.2 Å². The van der Waals surface area contributed by atoms with Crippen LogP contribution >= 0.6 is 0 Å². The van der Waals surface area contributed by atoms with E-state index in [-0.39, 0.29) is 5.41 Å². The van der Waals surface area contributed by atoms with Crippen molar-refractivity contribution in [3.63, 3.8) is 0 Å². The summed E-state index contributed by atoms with van der Waals surface area (Å²) in [6.07, 6.45) is 0. The average molecular weight is 830 g/mol. The van der Waals surface area contributed by atoms with Crippen molar-refractivity contribution in [2.24, 2.45) is 0 Å². The van der Waals surface area contributed by atoms with Crippen LogP contribution in [0.15, 0.2) is 249 Å². The first kappa shape index (κ1) is 38.7. The van der Waals surface area contributed by atoms with E-state index in [0.29, 0.717) is 0 Å². The van der Waals surface area contributed by atoms with Gasteiger partial charge in [0.05, 0.1) is 11.1 Å². The third kappa shape index (κ3) is 6.07. The predicted molar refractivity (Wildman–Crippen MR) is 272 cm³/mol. The predicted octanol–water partition coefficient (Wildman–Crippen LogP) is 16.8. The van der Waals surface area contributed by atoms with Crippen LogP contribution in [0, 0.1) is 0 Å². The normalized spacial score (nSPS) is 13.6. The Morgan fingerprint density at radius 1 is 0.292 bits per heavy atom. The number of fused-ring (bicyclic) bond motifs is 6. The zero-order valence-corrected chi connectivity index (χ0v) is 36.6. The van der Waals surface area contributed by atoms with Gasteiger partial charge in [-0.2, -0.15) is 0 Å². The molecule has 0 unspecified atom stereocenters. The summed E-state index contributed by atoms with van der Waals surface area (Å²) < 4.78 is 0. The van der Waals surface area contributed by atoms with Gasteiger partial charge < -0.3 is 4.90 Å². The van der Waals surface area contributed by atoms with Gasteiger partial charge in [0.25, 0.3) is 0 Å². The van der Waals surface area contributed by atoms with E-state index in [4.69, 9.17) is 0 Å². The fourth-order valence-electron chi connectivity index (χ4n) is 11.2. The van der Waals surface area contributed by atoms with Crippen molar-refractivity contribution in [3.05, 3.63) is 282 Å². The van der Waals surface area contributed by atoms with Crippen molar-refractivity contribution in [1.29, 1.82) is 0 Å². The van der Waals surface area contributed by atoms with E-state index in [0.717, 1.165) is 22.6 Å². The molecule has 0 N–H and O–H groups in total. The molecular formula is C64H47N. The van der Waals surface area contributed by atoms with Crippen molar-refractivity contribution in [2.45, 2.75) is 24.7 Å². The Bertz CT molecular complexity index is 3350. The molecule has 2 aliphatic carbocycles. The molecule has 0 heterocycles. The SMILES string of the molecule is CC1(C)c2ccccc2-c2ccc(N(c3ccc4c(c3)C(c3ccccc3)(c3ccccc3)c3ccccc3-4)c3cccc(-c4ccccc4)c3-c3cccc(-c4ccccc4)c3)cc21. The molecule has 0 saturated heterocycles. The Hall–Kier alpha value is -8.00. The van der Waals surface area contributed by atoms with Crippen LogP contribution in [0.25, 0.3) is 55.6 Å². The summed E-state index contributed by atoms with van der Waals surface area (Å²) in [7, 11) is 0. The maximum Gasteiger partial charge on any atom is 0.0714 e. The smallest absolute Gasteiger partial charge is 0.0714 e. The third-order valence-corrected chi connectivity index (χ3v) is 14.2. The quantitative estimate of drug-likeness (QED) is 0.147. The van der Waals surface area contributed by atoms with Gasteiger partial charge in [-0.25, -0.2) is 0 Å². The van der Waals surface area contributed by atoms with Gasteiger partial charge in [-0.15, -0.1) is 0 Å². The Morgan fingerprint density at radius 2 is 0.738 bits per heavy atom. The number of nitrogens with zero attached hydrogens (tertiary/aromatic N) is 1. The molecule has 10 aromatic carbocycles. The van der Waals surface area contributed by atoms with E-state index in [1.165, 1.54) is 83.5 Å². The summed E-state index contributed by atoms with van der Waals surface area (Å²) in [6, 6.07) is 92.2. The first-order valence-corrected chi connectivity index (χ1v) is 22.8. The Labute approximate surface area is 382 Å². The monoisotopic (exact) mass is 829 g/mol. The van der Waals surface area contributed by atoms with Gasteiger partial charge in [-0.1, -0.05) is 226 Å². The zero-order chi connectivity index (χ0) is 43.5. The van der Waals surface area contributed by atoms with Crippen LogP contribution in [0.2, 0.25) is 0 Å². The maximum atomic E-state index is 2.54. The van der Waals surface area contributed by atoms with Crippen LogP contribution < -0.4 is 4.90 Å². The number of anilines is 3. The minimum atomic E-state index is -0.545. The Kier molecular flexibility index (Phi) is 9.14. The van der Waals surface area contributed by atoms with Gasteiger partial charge in [0.15, 0.2) is 0 Å². The average Bonchev–Trinajstić information content (AvgIpc) is 3.80. The zero-order valence-electron chi connectivity index (χ0n) is 36.6. The Balaban J connectivity index is 1.17. The summed E-state index contributed by atoms with van der Waals surface area (Å²) in [6.45, 7) is 4.76. The molecule has 1 heteroatoms. The van der Waals surface area contributed by atoms with Gasteiger partial charge >= 0.3 is 0 Å².